The van der Waals surface area contributed by atoms with E-state index < -0.39 is 7.81 Å². The SMILES string of the molecule is CC1=[N+](C)c2ccc(Cl)cc2C1(C)C.F[P-](F)(F)(F)(F)F. The molecule has 0 aliphatic carbocycles. The van der Waals surface area contributed by atoms with Crippen LogP contribution in [0.3, 0.4) is 0 Å². The van der Waals surface area contributed by atoms with Crippen molar-refractivity contribution < 1.29 is 29.8 Å². The van der Waals surface area contributed by atoms with Crippen LogP contribution in [0.15, 0.2) is 18.2 Å². The molecule has 0 aromatic heterocycles. The van der Waals surface area contributed by atoms with Crippen molar-refractivity contribution in [1.82, 2.24) is 0 Å². The van der Waals surface area contributed by atoms with E-state index in [2.05, 4.69) is 44.5 Å². The molecule has 2 rings (SSSR count). The monoisotopic (exact) mass is 353 g/mol. The first-order chi connectivity index (χ1) is 8.89. The predicted octanol–water partition coefficient (Wildman–Crippen LogP) is 6.75. The zero-order valence-electron chi connectivity index (χ0n) is 11.8. The number of nitrogens with zero attached hydrogens (tertiary/aromatic N) is 1. The van der Waals surface area contributed by atoms with Gasteiger partial charge in [0.25, 0.3) is 0 Å². The van der Waals surface area contributed by atoms with Gasteiger partial charge in [0.15, 0.2) is 5.71 Å². The van der Waals surface area contributed by atoms with Crippen LogP contribution in [0.25, 0.3) is 0 Å². The molecule has 0 bridgehead atoms. The second kappa shape index (κ2) is 4.35. The van der Waals surface area contributed by atoms with Gasteiger partial charge in [-0.25, -0.2) is 4.58 Å². The zero-order valence-corrected chi connectivity index (χ0v) is 13.4. The van der Waals surface area contributed by atoms with Crippen LogP contribution in [-0.2, 0) is 5.41 Å². The van der Waals surface area contributed by atoms with Crippen LogP contribution in [0.5, 0.6) is 0 Å². The van der Waals surface area contributed by atoms with Gasteiger partial charge in [-0.1, -0.05) is 11.6 Å². The maximum absolute atomic E-state index is 10.7. The summed E-state index contributed by atoms with van der Waals surface area (Å²) < 4.78 is 61.4. The minimum atomic E-state index is -10.7. The third-order valence-electron chi connectivity index (χ3n) is 3.40. The van der Waals surface area contributed by atoms with E-state index in [1.165, 1.54) is 17.0 Å². The van der Waals surface area contributed by atoms with Crippen molar-refractivity contribution in [3.63, 3.8) is 0 Å². The number of rotatable bonds is 0. The Morgan fingerprint density at radius 2 is 1.48 bits per heavy atom. The normalized spacial score (nSPS) is 20.1. The summed E-state index contributed by atoms with van der Waals surface area (Å²) in [7, 11) is -8.55. The van der Waals surface area contributed by atoms with Crippen LogP contribution in [0.4, 0.5) is 30.9 Å². The van der Waals surface area contributed by atoms with Gasteiger partial charge in [-0.3, -0.25) is 0 Å². The van der Waals surface area contributed by atoms with Gasteiger partial charge in [0.2, 0.25) is 5.69 Å². The molecule has 0 radical (unpaired) electrons. The predicted molar refractivity (Wildman–Crippen MR) is 74.6 cm³/mol. The van der Waals surface area contributed by atoms with Gasteiger partial charge < -0.3 is 0 Å². The zero-order chi connectivity index (χ0) is 16.9. The molecule has 0 saturated carbocycles. The first-order valence-corrected chi connectivity index (χ1v) is 8.24. The molecule has 0 unspecified atom stereocenters. The molecule has 21 heavy (non-hydrogen) atoms. The van der Waals surface area contributed by atoms with E-state index in [9.17, 15) is 25.2 Å². The van der Waals surface area contributed by atoms with Gasteiger partial charge in [-0.05, 0) is 26.0 Å². The van der Waals surface area contributed by atoms with Crippen LogP contribution >= 0.6 is 19.4 Å². The molecule has 0 fully saturated rings. The summed E-state index contributed by atoms with van der Waals surface area (Å²) in [5.74, 6) is 0. The van der Waals surface area contributed by atoms with E-state index in [0.717, 1.165) is 5.02 Å². The fourth-order valence-corrected chi connectivity index (χ4v) is 2.27. The first-order valence-electron chi connectivity index (χ1n) is 5.84. The summed E-state index contributed by atoms with van der Waals surface area (Å²) in [6, 6.07) is 6.12. The van der Waals surface area contributed by atoms with Crippen LogP contribution in [0.1, 0.15) is 26.3 Å². The van der Waals surface area contributed by atoms with E-state index in [1.807, 2.05) is 6.07 Å². The first kappa shape index (κ1) is 18.2. The molecule has 0 atom stereocenters. The molecule has 1 aromatic rings. The maximum atomic E-state index is 9.87. The number of hydrogen-bond acceptors (Lipinski definition) is 0. The van der Waals surface area contributed by atoms with Crippen LogP contribution in [0, 0.1) is 0 Å². The molecule has 0 spiro atoms. The van der Waals surface area contributed by atoms with Crippen molar-refractivity contribution in [2.24, 2.45) is 0 Å². The number of benzene rings is 1. The molecule has 0 N–H and O–H groups in total. The van der Waals surface area contributed by atoms with Gasteiger partial charge in [-0.15, -0.1) is 0 Å². The minimum absolute atomic E-state index is 0.106. The van der Waals surface area contributed by atoms with E-state index in [4.69, 9.17) is 11.6 Å². The molecule has 9 heteroatoms. The van der Waals surface area contributed by atoms with Crippen molar-refractivity contribution in [3.05, 3.63) is 28.8 Å². The summed E-state index contributed by atoms with van der Waals surface area (Å²) in [5, 5.41) is 0.819. The third-order valence-corrected chi connectivity index (χ3v) is 3.64. The summed E-state index contributed by atoms with van der Waals surface area (Å²) >= 11 is 6.02. The quantitative estimate of drug-likeness (QED) is 0.276. The van der Waals surface area contributed by atoms with Crippen LogP contribution in [-0.4, -0.2) is 17.3 Å². The number of fused-ring (bicyclic) bond motifs is 1. The van der Waals surface area contributed by atoms with Gasteiger partial charge in [0.1, 0.15) is 7.05 Å². The Morgan fingerprint density at radius 1 is 1.05 bits per heavy atom. The Morgan fingerprint density at radius 3 is 1.90 bits per heavy atom. The van der Waals surface area contributed by atoms with Gasteiger partial charge in [0, 0.05) is 23.6 Å². The van der Waals surface area contributed by atoms with Crippen LogP contribution < -0.4 is 0 Å². The van der Waals surface area contributed by atoms with E-state index in [0.29, 0.717) is 0 Å². The molecule has 1 aliphatic heterocycles. The van der Waals surface area contributed by atoms with E-state index in [-0.39, 0.29) is 5.41 Å². The molecular formula is C12H15ClF6NP. The summed E-state index contributed by atoms with van der Waals surface area (Å²) in [5.41, 5.74) is 4.08. The molecular weight excluding hydrogens is 339 g/mol. The molecule has 122 valence electrons. The molecule has 1 nitrogen and oxygen atoms in total. The summed E-state index contributed by atoms with van der Waals surface area (Å²) in [4.78, 5) is 0. The average molecular weight is 354 g/mol. The van der Waals surface area contributed by atoms with Crippen molar-refractivity contribution in [3.8, 4) is 0 Å². The topological polar surface area (TPSA) is 3.01 Å². The van der Waals surface area contributed by atoms with Crippen LogP contribution in [0.2, 0.25) is 5.02 Å². The molecule has 0 saturated heterocycles. The Balaban J connectivity index is 0.000000270. The summed E-state index contributed by atoms with van der Waals surface area (Å²) in [6.07, 6.45) is 0. The Kier molecular flexibility index (Phi) is 3.78. The average Bonchev–Trinajstić information content (AvgIpc) is 2.36. The van der Waals surface area contributed by atoms with Crippen molar-refractivity contribution in [2.45, 2.75) is 26.2 Å². The van der Waals surface area contributed by atoms with Gasteiger partial charge in [0.05, 0.1) is 5.41 Å². The number of hydrogen-bond donors (Lipinski definition) is 0. The van der Waals surface area contributed by atoms with Crippen molar-refractivity contribution in [2.75, 3.05) is 7.05 Å². The number of halogens is 7. The Hall–Kier alpha value is -0.810. The fourth-order valence-electron chi connectivity index (χ4n) is 2.10. The van der Waals surface area contributed by atoms with E-state index >= 15 is 0 Å². The van der Waals surface area contributed by atoms with Gasteiger partial charge >= 0.3 is 33.0 Å². The van der Waals surface area contributed by atoms with E-state index in [1.54, 1.807) is 0 Å². The molecule has 1 heterocycles. The van der Waals surface area contributed by atoms with Crippen molar-refractivity contribution in [1.29, 1.82) is 0 Å². The molecule has 0 amide bonds. The second-order valence-electron chi connectivity index (χ2n) is 5.39. The Labute approximate surface area is 123 Å². The van der Waals surface area contributed by atoms with Crippen molar-refractivity contribution >= 4 is 30.8 Å². The second-order valence-corrected chi connectivity index (χ2v) is 7.74. The third kappa shape index (κ3) is 5.47. The Bertz CT molecular complexity index is 607. The molecule has 1 aliphatic rings. The van der Waals surface area contributed by atoms with Gasteiger partial charge in [-0.2, -0.15) is 0 Å². The summed E-state index contributed by atoms with van der Waals surface area (Å²) in [6.45, 7) is 6.65. The fraction of sp³-hybridized carbons (Fsp3) is 0.417. The standard InChI is InChI=1S/C12H15ClN.F6P/c1-8-12(2,3)10-7-9(13)5-6-11(10)14(8)4;1-7(2,3,4,5)6/h5-7H,1-4H3;/q+1;-1. The molecule has 1 aromatic carbocycles.